The second-order valence-electron chi connectivity index (χ2n) is 5.09. The maximum Gasteiger partial charge on any atom is 0.119 e. The van der Waals surface area contributed by atoms with E-state index in [1.807, 2.05) is 12.1 Å². The third-order valence-electron chi connectivity index (χ3n) is 3.04. The van der Waals surface area contributed by atoms with Gasteiger partial charge in [-0.2, -0.15) is 0 Å². The molecule has 0 aliphatic rings. The zero-order valence-corrected chi connectivity index (χ0v) is 11.9. The van der Waals surface area contributed by atoms with Crippen LogP contribution in [0.15, 0.2) is 42.6 Å². The van der Waals surface area contributed by atoms with Crippen LogP contribution in [-0.4, -0.2) is 18.2 Å². The van der Waals surface area contributed by atoms with Gasteiger partial charge < -0.3 is 14.6 Å². The first-order valence-corrected chi connectivity index (χ1v) is 6.72. The van der Waals surface area contributed by atoms with Gasteiger partial charge in [0, 0.05) is 24.1 Å². The molecule has 3 heteroatoms. The highest BCUT2D eigenvalue weighted by molar-refractivity contribution is 5.39. The summed E-state index contributed by atoms with van der Waals surface area (Å²) in [6.45, 7) is 6.36. The molecule has 1 heterocycles. The van der Waals surface area contributed by atoms with Gasteiger partial charge in [0.1, 0.15) is 5.75 Å². The lowest BCUT2D eigenvalue weighted by Crippen LogP contribution is -2.20. The van der Waals surface area contributed by atoms with Crippen molar-refractivity contribution >= 4 is 0 Å². The Morgan fingerprint density at radius 3 is 2.53 bits per heavy atom. The summed E-state index contributed by atoms with van der Waals surface area (Å²) in [6, 6.07) is 12.4. The van der Waals surface area contributed by atoms with Gasteiger partial charge in [-0.25, -0.2) is 0 Å². The van der Waals surface area contributed by atoms with Crippen LogP contribution in [0.2, 0.25) is 0 Å². The second-order valence-corrected chi connectivity index (χ2v) is 5.09. The summed E-state index contributed by atoms with van der Waals surface area (Å²) in [5.41, 5.74) is 2.43. The number of hydrogen-bond donors (Lipinski definition) is 1. The molecule has 0 aliphatic carbocycles. The summed E-state index contributed by atoms with van der Waals surface area (Å²) < 4.78 is 7.39. The van der Waals surface area contributed by atoms with Crippen molar-refractivity contribution in [1.29, 1.82) is 0 Å². The van der Waals surface area contributed by atoms with Gasteiger partial charge in [0.25, 0.3) is 0 Å². The van der Waals surface area contributed by atoms with Crippen LogP contribution in [0.25, 0.3) is 5.69 Å². The average Bonchev–Trinajstić information content (AvgIpc) is 2.87. The fraction of sp³-hybridized carbons (Fsp3) is 0.375. The largest absolute Gasteiger partial charge is 0.497 e. The minimum Gasteiger partial charge on any atom is -0.497 e. The van der Waals surface area contributed by atoms with Crippen LogP contribution in [0.1, 0.15) is 19.5 Å². The lowest BCUT2D eigenvalue weighted by atomic mass is 10.2. The Hall–Kier alpha value is -1.74. The average molecular weight is 258 g/mol. The maximum absolute atomic E-state index is 5.19. The van der Waals surface area contributed by atoms with Crippen LogP contribution < -0.4 is 10.1 Å². The first kappa shape index (κ1) is 13.7. The molecule has 19 heavy (non-hydrogen) atoms. The molecule has 0 amide bonds. The normalized spacial score (nSPS) is 10.9. The zero-order valence-electron chi connectivity index (χ0n) is 11.9. The van der Waals surface area contributed by atoms with Crippen LogP contribution in [-0.2, 0) is 6.54 Å². The van der Waals surface area contributed by atoms with E-state index in [2.05, 4.69) is 54.2 Å². The van der Waals surface area contributed by atoms with Gasteiger partial charge in [0.05, 0.1) is 7.11 Å². The molecule has 1 aromatic heterocycles. The molecular formula is C16H22N2O. The van der Waals surface area contributed by atoms with Gasteiger partial charge in [-0.3, -0.25) is 0 Å². The Morgan fingerprint density at radius 2 is 1.89 bits per heavy atom. The number of benzene rings is 1. The number of methoxy groups -OCH3 is 1. The van der Waals surface area contributed by atoms with Gasteiger partial charge >= 0.3 is 0 Å². The Balaban J connectivity index is 2.09. The summed E-state index contributed by atoms with van der Waals surface area (Å²) >= 11 is 0. The molecule has 2 aromatic rings. The van der Waals surface area contributed by atoms with Crippen LogP contribution in [0, 0.1) is 5.92 Å². The first-order valence-electron chi connectivity index (χ1n) is 6.72. The fourth-order valence-electron chi connectivity index (χ4n) is 2.04. The van der Waals surface area contributed by atoms with Gasteiger partial charge in [0.2, 0.25) is 0 Å². The summed E-state index contributed by atoms with van der Waals surface area (Å²) in [6.07, 6.45) is 2.09. The van der Waals surface area contributed by atoms with E-state index in [4.69, 9.17) is 4.74 Å². The van der Waals surface area contributed by atoms with Crippen LogP contribution >= 0.6 is 0 Å². The van der Waals surface area contributed by atoms with E-state index in [1.54, 1.807) is 7.11 Å². The van der Waals surface area contributed by atoms with Crippen molar-refractivity contribution in [2.24, 2.45) is 5.92 Å². The molecule has 0 atom stereocenters. The number of ether oxygens (including phenoxy) is 1. The molecule has 0 spiro atoms. The van der Waals surface area contributed by atoms with Crippen LogP contribution in [0.3, 0.4) is 0 Å². The molecule has 3 nitrogen and oxygen atoms in total. The molecule has 0 bridgehead atoms. The Morgan fingerprint density at radius 1 is 1.16 bits per heavy atom. The molecule has 0 radical (unpaired) electrons. The third-order valence-corrected chi connectivity index (χ3v) is 3.04. The summed E-state index contributed by atoms with van der Waals surface area (Å²) in [7, 11) is 1.69. The van der Waals surface area contributed by atoms with E-state index in [0.717, 1.165) is 24.5 Å². The minimum atomic E-state index is 0.671. The molecule has 0 unspecified atom stereocenters. The van der Waals surface area contributed by atoms with Crippen molar-refractivity contribution in [2.75, 3.05) is 13.7 Å². The van der Waals surface area contributed by atoms with Gasteiger partial charge in [0.15, 0.2) is 0 Å². The van der Waals surface area contributed by atoms with Crippen molar-refractivity contribution in [3.05, 3.63) is 48.3 Å². The summed E-state index contributed by atoms with van der Waals surface area (Å²) in [4.78, 5) is 0. The SMILES string of the molecule is COc1ccc(-n2cccc2CNCC(C)C)cc1. The summed E-state index contributed by atoms with van der Waals surface area (Å²) in [5.74, 6) is 1.56. The van der Waals surface area contributed by atoms with Gasteiger partial charge in [-0.15, -0.1) is 0 Å². The van der Waals surface area contributed by atoms with E-state index in [-0.39, 0.29) is 0 Å². The van der Waals surface area contributed by atoms with Gasteiger partial charge in [-0.1, -0.05) is 13.8 Å². The number of aromatic nitrogens is 1. The number of nitrogens with zero attached hydrogens (tertiary/aromatic N) is 1. The molecule has 102 valence electrons. The van der Waals surface area contributed by atoms with Crippen molar-refractivity contribution in [2.45, 2.75) is 20.4 Å². The molecule has 1 N–H and O–H groups in total. The lowest BCUT2D eigenvalue weighted by molar-refractivity contribution is 0.414. The van der Waals surface area contributed by atoms with Crippen molar-refractivity contribution < 1.29 is 4.74 Å². The minimum absolute atomic E-state index is 0.671. The van der Waals surface area contributed by atoms with Crippen LogP contribution in [0.4, 0.5) is 0 Å². The van der Waals surface area contributed by atoms with E-state index in [1.165, 1.54) is 5.69 Å². The second kappa shape index (κ2) is 6.43. The van der Waals surface area contributed by atoms with Crippen molar-refractivity contribution in [1.82, 2.24) is 9.88 Å². The summed E-state index contributed by atoms with van der Waals surface area (Å²) in [5, 5.41) is 3.47. The van der Waals surface area contributed by atoms with E-state index < -0.39 is 0 Å². The number of rotatable bonds is 6. The quantitative estimate of drug-likeness (QED) is 0.861. The Bertz CT molecular complexity index is 500. The van der Waals surface area contributed by atoms with Crippen molar-refractivity contribution in [3.63, 3.8) is 0 Å². The Kier molecular flexibility index (Phi) is 4.63. The molecule has 2 rings (SSSR count). The molecule has 0 saturated carbocycles. The highest BCUT2D eigenvalue weighted by atomic mass is 16.5. The lowest BCUT2D eigenvalue weighted by Gasteiger charge is -2.12. The van der Waals surface area contributed by atoms with Crippen molar-refractivity contribution in [3.8, 4) is 11.4 Å². The first-order chi connectivity index (χ1) is 9.20. The molecule has 0 fully saturated rings. The number of hydrogen-bond acceptors (Lipinski definition) is 2. The van der Waals surface area contributed by atoms with Gasteiger partial charge in [-0.05, 0) is 48.9 Å². The molecule has 0 saturated heterocycles. The van der Waals surface area contributed by atoms with E-state index in [9.17, 15) is 0 Å². The van der Waals surface area contributed by atoms with Crippen LogP contribution in [0.5, 0.6) is 5.75 Å². The molecular weight excluding hydrogens is 236 g/mol. The highest BCUT2D eigenvalue weighted by Crippen LogP contribution is 2.17. The smallest absolute Gasteiger partial charge is 0.119 e. The Labute approximate surface area is 115 Å². The highest BCUT2D eigenvalue weighted by Gasteiger charge is 2.03. The molecule has 0 aliphatic heterocycles. The predicted octanol–water partition coefficient (Wildman–Crippen LogP) is 3.23. The third kappa shape index (κ3) is 3.61. The standard InChI is InChI=1S/C16H22N2O/c1-13(2)11-17-12-15-5-4-10-18(15)14-6-8-16(19-3)9-7-14/h4-10,13,17H,11-12H2,1-3H3. The maximum atomic E-state index is 5.19. The predicted molar refractivity (Wildman–Crippen MR) is 78.9 cm³/mol. The topological polar surface area (TPSA) is 26.2 Å². The zero-order chi connectivity index (χ0) is 13.7. The van der Waals surface area contributed by atoms with E-state index >= 15 is 0 Å². The monoisotopic (exact) mass is 258 g/mol. The van der Waals surface area contributed by atoms with E-state index in [0.29, 0.717) is 5.92 Å². The molecule has 1 aromatic carbocycles. The number of nitrogens with one attached hydrogen (secondary N) is 1. The fourth-order valence-corrected chi connectivity index (χ4v) is 2.04.